The summed E-state index contributed by atoms with van der Waals surface area (Å²) in [7, 11) is 0. The van der Waals surface area contributed by atoms with Gasteiger partial charge in [0, 0.05) is 22.7 Å². The van der Waals surface area contributed by atoms with E-state index < -0.39 is 0 Å². The molecule has 0 bridgehead atoms. The van der Waals surface area contributed by atoms with Crippen LogP contribution in [0.2, 0.25) is 0 Å². The Morgan fingerprint density at radius 2 is 1.81 bits per heavy atom. The van der Waals surface area contributed by atoms with Crippen molar-refractivity contribution in [2.75, 3.05) is 10.6 Å². The molecule has 2 N–H and O–H groups in total. The molecule has 0 aliphatic rings. The monoisotopic (exact) mass is 437 g/mol. The maximum atomic E-state index is 12.5. The van der Waals surface area contributed by atoms with Crippen molar-refractivity contribution in [2.45, 2.75) is 40.7 Å². The number of aromatic nitrogens is 1. The van der Waals surface area contributed by atoms with Gasteiger partial charge in [0.05, 0.1) is 12.1 Å². The summed E-state index contributed by atoms with van der Waals surface area (Å²) in [6, 6.07) is 13.3. The SMILES string of the molecule is Cc1ccc(OCc2nc(CC(=O)Nc3cc(NC(=O)C(C)C)ccc3C)cs2)cc1. The molecular formula is C24H27N3O3S. The smallest absolute Gasteiger partial charge is 0.230 e. The summed E-state index contributed by atoms with van der Waals surface area (Å²) in [5.41, 5.74) is 4.12. The number of anilines is 2. The van der Waals surface area contributed by atoms with Gasteiger partial charge < -0.3 is 15.4 Å². The molecule has 31 heavy (non-hydrogen) atoms. The number of aryl methyl sites for hydroxylation is 2. The third-order valence-corrected chi connectivity index (χ3v) is 5.50. The molecule has 0 fully saturated rings. The second kappa shape index (κ2) is 10.2. The number of amides is 2. The van der Waals surface area contributed by atoms with Gasteiger partial charge in [-0.05, 0) is 43.7 Å². The molecule has 0 aliphatic carbocycles. The van der Waals surface area contributed by atoms with Crippen molar-refractivity contribution in [2.24, 2.45) is 5.92 Å². The zero-order valence-corrected chi connectivity index (χ0v) is 19.0. The molecule has 0 saturated carbocycles. The third kappa shape index (κ3) is 6.65. The molecule has 6 nitrogen and oxygen atoms in total. The lowest BCUT2D eigenvalue weighted by Crippen LogP contribution is -2.19. The molecular weight excluding hydrogens is 410 g/mol. The molecule has 2 amide bonds. The van der Waals surface area contributed by atoms with E-state index in [9.17, 15) is 9.59 Å². The van der Waals surface area contributed by atoms with E-state index in [1.54, 1.807) is 6.07 Å². The maximum Gasteiger partial charge on any atom is 0.230 e. The summed E-state index contributed by atoms with van der Waals surface area (Å²) in [6.07, 6.45) is 0.170. The Balaban J connectivity index is 1.56. The van der Waals surface area contributed by atoms with Gasteiger partial charge in [-0.25, -0.2) is 4.98 Å². The van der Waals surface area contributed by atoms with Gasteiger partial charge in [-0.15, -0.1) is 11.3 Å². The lowest BCUT2D eigenvalue weighted by atomic mass is 10.1. The van der Waals surface area contributed by atoms with Crippen molar-refractivity contribution >= 4 is 34.5 Å². The van der Waals surface area contributed by atoms with Crippen molar-refractivity contribution in [1.82, 2.24) is 4.98 Å². The van der Waals surface area contributed by atoms with Gasteiger partial charge in [0.2, 0.25) is 11.8 Å². The number of carbonyl (C=O) groups excluding carboxylic acids is 2. The zero-order chi connectivity index (χ0) is 22.4. The quantitative estimate of drug-likeness (QED) is 0.513. The first-order valence-electron chi connectivity index (χ1n) is 10.1. The van der Waals surface area contributed by atoms with Crippen LogP contribution < -0.4 is 15.4 Å². The minimum absolute atomic E-state index is 0.0658. The van der Waals surface area contributed by atoms with E-state index in [1.807, 2.05) is 69.5 Å². The second-order valence-corrected chi connectivity index (χ2v) is 8.68. The molecule has 2 aromatic carbocycles. The average Bonchev–Trinajstić information content (AvgIpc) is 3.17. The molecule has 1 aromatic heterocycles. The molecule has 162 valence electrons. The Bertz CT molecular complexity index is 1060. The van der Waals surface area contributed by atoms with Crippen LogP contribution in [0.4, 0.5) is 11.4 Å². The molecule has 0 saturated heterocycles. The van der Waals surface area contributed by atoms with Crippen LogP contribution >= 0.6 is 11.3 Å². The first-order chi connectivity index (χ1) is 14.8. The Morgan fingerprint density at radius 3 is 2.52 bits per heavy atom. The number of carbonyl (C=O) groups is 2. The zero-order valence-electron chi connectivity index (χ0n) is 18.2. The van der Waals surface area contributed by atoms with Crippen LogP contribution in [0, 0.1) is 19.8 Å². The summed E-state index contributed by atoms with van der Waals surface area (Å²) in [5.74, 6) is 0.448. The van der Waals surface area contributed by atoms with E-state index in [0.29, 0.717) is 23.7 Å². The number of nitrogens with one attached hydrogen (secondary N) is 2. The van der Waals surface area contributed by atoms with Crippen LogP contribution in [0.3, 0.4) is 0 Å². The lowest BCUT2D eigenvalue weighted by molar-refractivity contribution is -0.119. The van der Waals surface area contributed by atoms with Crippen LogP contribution in [0.1, 0.15) is 35.7 Å². The summed E-state index contributed by atoms with van der Waals surface area (Å²) >= 11 is 1.47. The summed E-state index contributed by atoms with van der Waals surface area (Å²) in [6.45, 7) is 7.97. The summed E-state index contributed by atoms with van der Waals surface area (Å²) in [5, 5.41) is 8.46. The fourth-order valence-corrected chi connectivity index (χ4v) is 3.46. The lowest BCUT2D eigenvalue weighted by Gasteiger charge is -2.12. The molecule has 3 rings (SSSR count). The standard InChI is InChI=1S/C24H27N3O3S/c1-15(2)24(29)26-18-8-7-17(4)21(11-18)27-22(28)12-19-14-31-23(25-19)13-30-20-9-5-16(3)6-10-20/h5-11,14-15H,12-13H2,1-4H3,(H,26,29)(H,27,28). The van der Waals surface area contributed by atoms with E-state index in [1.165, 1.54) is 16.9 Å². The first kappa shape index (κ1) is 22.5. The molecule has 0 aliphatic heterocycles. The number of rotatable bonds is 8. The Morgan fingerprint density at radius 1 is 1.06 bits per heavy atom. The highest BCUT2D eigenvalue weighted by Crippen LogP contribution is 2.22. The van der Waals surface area contributed by atoms with Gasteiger partial charge in [-0.3, -0.25) is 9.59 Å². The third-order valence-electron chi connectivity index (χ3n) is 4.63. The van der Waals surface area contributed by atoms with Crippen molar-refractivity contribution in [3.63, 3.8) is 0 Å². The number of ether oxygens (including phenoxy) is 1. The predicted molar refractivity (Wildman–Crippen MR) is 125 cm³/mol. The van der Waals surface area contributed by atoms with Crippen LogP contribution in [-0.2, 0) is 22.6 Å². The highest BCUT2D eigenvalue weighted by Gasteiger charge is 2.12. The molecule has 0 radical (unpaired) electrons. The van der Waals surface area contributed by atoms with Crippen molar-refractivity contribution in [1.29, 1.82) is 0 Å². The number of nitrogens with zero attached hydrogens (tertiary/aromatic N) is 1. The van der Waals surface area contributed by atoms with Gasteiger partial charge in [0.15, 0.2) is 0 Å². The number of hydrogen-bond donors (Lipinski definition) is 2. The largest absolute Gasteiger partial charge is 0.486 e. The number of thiazole rings is 1. The molecule has 0 atom stereocenters. The summed E-state index contributed by atoms with van der Waals surface area (Å²) in [4.78, 5) is 28.9. The fourth-order valence-electron chi connectivity index (χ4n) is 2.76. The van der Waals surface area contributed by atoms with E-state index in [4.69, 9.17) is 4.74 Å². The van der Waals surface area contributed by atoms with Gasteiger partial charge in [0.25, 0.3) is 0 Å². The van der Waals surface area contributed by atoms with Gasteiger partial charge in [0.1, 0.15) is 17.4 Å². The molecule has 7 heteroatoms. The van der Waals surface area contributed by atoms with Crippen molar-refractivity contribution < 1.29 is 14.3 Å². The highest BCUT2D eigenvalue weighted by molar-refractivity contribution is 7.09. The second-order valence-electron chi connectivity index (χ2n) is 7.73. The van der Waals surface area contributed by atoms with Gasteiger partial charge in [-0.2, -0.15) is 0 Å². The van der Waals surface area contributed by atoms with E-state index in [-0.39, 0.29) is 24.2 Å². The average molecular weight is 438 g/mol. The molecule has 0 unspecified atom stereocenters. The van der Waals surface area contributed by atoms with Crippen LogP contribution in [0.5, 0.6) is 5.75 Å². The van der Waals surface area contributed by atoms with Gasteiger partial charge in [-0.1, -0.05) is 37.6 Å². The Kier molecular flexibility index (Phi) is 7.41. The van der Waals surface area contributed by atoms with Crippen molar-refractivity contribution in [3.05, 3.63) is 69.7 Å². The van der Waals surface area contributed by atoms with Crippen LogP contribution in [0.25, 0.3) is 0 Å². The molecule has 3 aromatic rings. The fraction of sp³-hybridized carbons (Fsp3) is 0.292. The first-order valence-corrected chi connectivity index (χ1v) is 11.0. The van der Waals surface area contributed by atoms with Crippen molar-refractivity contribution in [3.8, 4) is 5.75 Å². The predicted octanol–water partition coefficient (Wildman–Crippen LogP) is 5.11. The number of hydrogen-bond acceptors (Lipinski definition) is 5. The maximum absolute atomic E-state index is 12.5. The summed E-state index contributed by atoms with van der Waals surface area (Å²) < 4.78 is 5.75. The highest BCUT2D eigenvalue weighted by atomic mass is 32.1. The minimum atomic E-state index is -0.160. The number of benzene rings is 2. The minimum Gasteiger partial charge on any atom is -0.486 e. The van der Waals surface area contributed by atoms with E-state index in [2.05, 4.69) is 15.6 Å². The van der Waals surface area contributed by atoms with Crippen LogP contribution in [0.15, 0.2) is 47.8 Å². The molecule has 0 spiro atoms. The molecule has 1 heterocycles. The normalized spacial score (nSPS) is 10.7. The van der Waals surface area contributed by atoms with Gasteiger partial charge >= 0.3 is 0 Å². The van der Waals surface area contributed by atoms with E-state index >= 15 is 0 Å². The topological polar surface area (TPSA) is 80.3 Å². The van der Waals surface area contributed by atoms with E-state index in [0.717, 1.165) is 16.3 Å². The Labute approximate surface area is 186 Å². The van der Waals surface area contributed by atoms with Crippen LogP contribution in [-0.4, -0.2) is 16.8 Å². The Hall–Kier alpha value is -3.19.